The van der Waals surface area contributed by atoms with E-state index in [4.69, 9.17) is 9.47 Å². The Labute approximate surface area is 129 Å². The van der Waals surface area contributed by atoms with Crippen molar-refractivity contribution >= 4 is 5.97 Å². The number of hydrogen-bond acceptors (Lipinski definition) is 4. The molecule has 2 aliphatic rings. The zero-order chi connectivity index (χ0) is 15.1. The van der Waals surface area contributed by atoms with Crippen LogP contribution in [-0.4, -0.2) is 37.9 Å². The molecule has 2 unspecified atom stereocenters. The molecule has 0 aromatic carbocycles. The minimum Gasteiger partial charge on any atom is -0.468 e. The molecule has 4 heteroatoms. The molecular formula is C17H31NO3. The topological polar surface area (TPSA) is 47.6 Å². The summed E-state index contributed by atoms with van der Waals surface area (Å²) < 4.78 is 11.2. The highest BCUT2D eigenvalue weighted by Gasteiger charge is 2.43. The van der Waals surface area contributed by atoms with Gasteiger partial charge in [-0.2, -0.15) is 0 Å². The molecule has 0 spiro atoms. The zero-order valence-electron chi connectivity index (χ0n) is 13.7. The van der Waals surface area contributed by atoms with Crippen LogP contribution < -0.4 is 5.32 Å². The highest BCUT2D eigenvalue weighted by Crippen LogP contribution is 2.32. The smallest absolute Gasteiger partial charge is 0.326 e. The van der Waals surface area contributed by atoms with Crippen molar-refractivity contribution in [3.63, 3.8) is 0 Å². The summed E-state index contributed by atoms with van der Waals surface area (Å²) in [6, 6.07) is 0. The van der Waals surface area contributed by atoms with Crippen LogP contribution in [0.5, 0.6) is 0 Å². The van der Waals surface area contributed by atoms with Gasteiger partial charge < -0.3 is 14.8 Å². The van der Waals surface area contributed by atoms with Crippen molar-refractivity contribution < 1.29 is 14.3 Å². The Kier molecular flexibility index (Phi) is 6.49. The maximum atomic E-state index is 12.2. The molecule has 21 heavy (non-hydrogen) atoms. The van der Waals surface area contributed by atoms with Crippen LogP contribution in [0.1, 0.15) is 64.7 Å². The summed E-state index contributed by atoms with van der Waals surface area (Å²) in [7, 11) is 1.48. The van der Waals surface area contributed by atoms with Gasteiger partial charge in [-0.25, -0.2) is 0 Å². The Morgan fingerprint density at radius 3 is 2.62 bits per heavy atom. The van der Waals surface area contributed by atoms with Crippen LogP contribution in [0.2, 0.25) is 0 Å². The largest absolute Gasteiger partial charge is 0.468 e. The second-order valence-corrected chi connectivity index (χ2v) is 6.66. The number of carbonyl (C=O) groups excluding carboxylic acids is 1. The Morgan fingerprint density at radius 1 is 1.19 bits per heavy atom. The number of carbonyl (C=O) groups is 1. The van der Waals surface area contributed by atoms with E-state index in [1.54, 1.807) is 0 Å². The van der Waals surface area contributed by atoms with Crippen LogP contribution in [-0.2, 0) is 14.3 Å². The van der Waals surface area contributed by atoms with Crippen LogP contribution in [0.15, 0.2) is 0 Å². The van der Waals surface area contributed by atoms with Crippen LogP contribution in [0.4, 0.5) is 0 Å². The van der Waals surface area contributed by atoms with E-state index >= 15 is 0 Å². The molecule has 0 amide bonds. The lowest BCUT2D eigenvalue weighted by Crippen LogP contribution is -2.56. The van der Waals surface area contributed by atoms with Gasteiger partial charge in [0.05, 0.1) is 13.2 Å². The van der Waals surface area contributed by atoms with Gasteiger partial charge in [-0.15, -0.1) is 0 Å². The fourth-order valence-electron chi connectivity index (χ4n) is 3.94. The van der Waals surface area contributed by atoms with Crippen molar-refractivity contribution in [3.05, 3.63) is 0 Å². The molecule has 0 bridgehead atoms. The van der Waals surface area contributed by atoms with Gasteiger partial charge in [-0.05, 0) is 44.6 Å². The normalized spacial score (nSPS) is 31.0. The maximum absolute atomic E-state index is 12.2. The second kappa shape index (κ2) is 8.14. The first-order valence-corrected chi connectivity index (χ1v) is 8.65. The zero-order valence-corrected chi connectivity index (χ0v) is 13.7. The maximum Gasteiger partial charge on any atom is 0.326 e. The van der Waals surface area contributed by atoms with Gasteiger partial charge in [0, 0.05) is 13.0 Å². The molecule has 122 valence electrons. The number of hydrogen-bond donors (Lipinski definition) is 1. The quantitative estimate of drug-likeness (QED) is 0.766. The summed E-state index contributed by atoms with van der Waals surface area (Å²) in [6.45, 7) is 3.69. The van der Waals surface area contributed by atoms with E-state index in [0.717, 1.165) is 44.8 Å². The molecule has 1 N–H and O–H groups in total. The van der Waals surface area contributed by atoms with Crippen molar-refractivity contribution in [2.75, 3.05) is 20.3 Å². The van der Waals surface area contributed by atoms with Gasteiger partial charge in [0.1, 0.15) is 5.54 Å². The average Bonchev–Trinajstić information content (AvgIpc) is 2.54. The van der Waals surface area contributed by atoms with Gasteiger partial charge in [-0.3, -0.25) is 4.79 Å². The third kappa shape index (κ3) is 4.43. The van der Waals surface area contributed by atoms with Crippen molar-refractivity contribution in [2.45, 2.75) is 76.4 Å². The number of nitrogens with one attached hydrogen (secondary N) is 1. The van der Waals surface area contributed by atoms with E-state index in [1.807, 2.05) is 6.92 Å². The monoisotopic (exact) mass is 297 g/mol. The number of ether oxygens (including phenoxy) is 2. The first-order chi connectivity index (χ1) is 10.2. The average molecular weight is 297 g/mol. The van der Waals surface area contributed by atoms with E-state index in [9.17, 15) is 4.79 Å². The molecule has 0 radical (unpaired) electrons. The Bertz CT molecular complexity index is 324. The van der Waals surface area contributed by atoms with E-state index in [1.165, 1.54) is 39.2 Å². The van der Waals surface area contributed by atoms with Gasteiger partial charge in [0.25, 0.3) is 0 Å². The van der Waals surface area contributed by atoms with Gasteiger partial charge >= 0.3 is 5.97 Å². The minimum atomic E-state index is -0.529. The molecule has 2 saturated carbocycles. The van der Waals surface area contributed by atoms with Crippen LogP contribution in [0.3, 0.4) is 0 Å². The molecule has 0 aromatic rings. The van der Waals surface area contributed by atoms with Crippen LogP contribution in [0, 0.1) is 5.92 Å². The third-order valence-corrected chi connectivity index (χ3v) is 5.09. The molecule has 4 nitrogen and oxygen atoms in total. The summed E-state index contributed by atoms with van der Waals surface area (Å²) in [5.41, 5.74) is -0.529. The summed E-state index contributed by atoms with van der Waals surface area (Å²) in [6.07, 6.45) is 10.6. The van der Waals surface area contributed by atoms with Crippen molar-refractivity contribution in [3.8, 4) is 0 Å². The Balaban J connectivity index is 1.87. The molecule has 2 atom stereocenters. The minimum absolute atomic E-state index is 0.129. The lowest BCUT2D eigenvalue weighted by Gasteiger charge is -2.39. The lowest BCUT2D eigenvalue weighted by atomic mass is 9.79. The summed E-state index contributed by atoms with van der Waals surface area (Å²) >= 11 is 0. The van der Waals surface area contributed by atoms with E-state index < -0.39 is 5.54 Å². The second-order valence-electron chi connectivity index (χ2n) is 6.66. The molecule has 0 aromatic heterocycles. The highest BCUT2D eigenvalue weighted by atomic mass is 16.5. The predicted octanol–water partition coefficient (Wildman–Crippen LogP) is 3.05. The van der Waals surface area contributed by atoms with Crippen molar-refractivity contribution in [1.82, 2.24) is 5.32 Å². The standard InChI is InChI=1S/C17H31NO3/c1-3-18-17(16(19)20-2)11-7-10-15(12-17)21-13-14-8-5-4-6-9-14/h14-15,18H,3-13H2,1-2H3. The Hall–Kier alpha value is -0.610. The van der Waals surface area contributed by atoms with E-state index in [-0.39, 0.29) is 12.1 Å². The van der Waals surface area contributed by atoms with Crippen molar-refractivity contribution in [1.29, 1.82) is 0 Å². The molecule has 0 aliphatic heterocycles. The van der Waals surface area contributed by atoms with Crippen molar-refractivity contribution in [2.24, 2.45) is 5.92 Å². The van der Waals surface area contributed by atoms with Gasteiger partial charge in [-0.1, -0.05) is 26.2 Å². The van der Waals surface area contributed by atoms with Gasteiger partial charge in [0.2, 0.25) is 0 Å². The predicted molar refractivity (Wildman–Crippen MR) is 83.2 cm³/mol. The first-order valence-electron chi connectivity index (χ1n) is 8.65. The fourth-order valence-corrected chi connectivity index (χ4v) is 3.94. The molecule has 2 aliphatic carbocycles. The van der Waals surface area contributed by atoms with E-state index in [0.29, 0.717) is 0 Å². The molecule has 2 fully saturated rings. The summed E-state index contributed by atoms with van der Waals surface area (Å²) in [5, 5.41) is 3.36. The van der Waals surface area contributed by atoms with Gasteiger partial charge in [0.15, 0.2) is 0 Å². The number of rotatable bonds is 6. The number of likely N-dealkylation sites (N-methyl/N-ethyl adjacent to an activating group) is 1. The number of methoxy groups -OCH3 is 1. The molecule has 0 heterocycles. The first kappa shape index (κ1) is 16.8. The lowest BCUT2D eigenvalue weighted by molar-refractivity contribution is -0.153. The van der Waals surface area contributed by atoms with E-state index in [2.05, 4.69) is 5.32 Å². The van der Waals surface area contributed by atoms with Crippen LogP contribution in [0.25, 0.3) is 0 Å². The third-order valence-electron chi connectivity index (χ3n) is 5.09. The summed E-state index contributed by atoms with van der Waals surface area (Å²) in [5.74, 6) is 0.600. The van der Waals surface area contributed by atoms with Crippen LogP contribution >= 0.6 is 0 Å². The Morgan fingerprint density at radius 2 is 1.95 bits per heavy atom. The SMILES string of the molecule is CCNC1(C(=O)OC)CCCC(OCC2CCCCC2)C1. The number of esters is 1. The fraction of sp³-hybridized carbons (Fsp3) is 0.941. The molecular weight excluding hydrogens is 266 g/mol. The molecule has 2 rings (SSSR count). The summed E-state index contributed by atoms with van der Waals surface area (Å²) in [4.78, 5) is 12.2. The molecule has 0 saturated heterocycles. The highest BCUT2D eigenvalue weighted by molar-refractivity contribution is 5.81.